The first-order valence-electron chi connectivity index (χ1n) is 13.2. The third kappa shape index (κ3) is 5.86. The molecule has 0 unspecified atom stereocenters. The molecule has 0 bridgehead atoms. The topological polar surface area (TPSA) is 106 Å². The van der Waals surface area contributed by atoms with E-state index in [0.29, 0.717) is 62.8 Å². The molecule has 0 amide bonds. The van der Waals surface area contributed by atoms with Gasteiger partial charge in [0, 0.05) is 62.7 Å². The minimum atomic E-state index is -3.36. The average molecular weight is 536 g/mol. The predicted octanol–water partition coefficient (Wildman–Crippen LogP) is 3.15. The number of nitrogens with zero attached hydrogens (tertiary/aromatic N) is 5. The molecule has 4 heterocycles. The van der Waals surface area contributed by atoms with Crippen LogP contribution in [0.15, 0.2) is 59.8 Å². The van der Waals surface area contributed by atoms with E-state index in [1.807, 2.05) is 25.1 Å². The molecule has 200 valence electrons. The van der Waals surface area contributed by atoms with Gasteiger partial charge < -0.3 is 9.64 Å². The van der Waals surface area contributed by atoms with Crippen LogP contribution in [0.3, 0.4) is 0 Å². The number of fused-ring (bicyclic) bond motifs is 1. The number of pyridine rings is 1. The molecule has 2 aromatic heterocycles. The molecule has 0 atom stereocenters. The largest absolute Gasteiger partial charge is 0.466 e. The Labute approximate surface area is 223 Å². The molecule has 10 heteroatoms. The number of hydrogen-bond donors (Lipinski definition) is 0. The van der Waals surface area contributed by atoms with Crippen molar-refractivity contribution >= 4 is 21.6 Å². The van der Waals surface area contributed by atoms with Crippen LogP contribution in [0.2, 0.25) is 0 Å². The lowest BCUT2D eigenvalue weighted by Crippen LogP contribution is -2.40. The lowest BCUT2D eigenvalue weighted by Gasteiger charge is -2.36. The first kappa shape index (κ1) is 26.2. The smallest absolute Gasteiger partial charge is 0.309 e. The first-order valence-corrected chi connectivity index (χ1v) is 14.8. The summed E-state index contributed by atoms with van der Waals surface area (Å²) in [5, 5.41) is 0. The van der Waals surface area contributed by atoms with Crippen LogP contribution in [0.5, 0.6) is 0 Å². The first-order chi connectivity index (χ1) is 18.4. The third-order valence-corrected chi connectivity index (χ3v) is 8.96. The normalized spacial score (nSPS) is 16.7. The molecule has 0 aliphatic carbocycles. The summed E-state index contributed by atoms with van der Waals surface area (Å²) in [4.78, 5) is 31.1. The van der Waals surface area contributed by atoms with E-state index < -0.39 is 9.84 Å². The standard InChI is InChI=1S/C28H33N5O4S/c1-2-37-28(34)22-10-16-33(17-11-22)27-24-20-32(18-19-38(35,36)23-6-4-3-5-7-23)15-12-25(24)30-26(31-27)21-8-13-29-14-9-21/h3-9,13-14,22H,2,10-12,15-20H2,1H3. The van der Waals surface area contributed by atoms with Crippen LogP contribution in [0, 0.1) is 5.92 Å². The summed E-state index contributed by atoms with van der Waals surface area (Å²) in [5.74, 6) is 1.37. The Kier molecular flexibility index (Phi) is 7.99. The van der Waals surface area contributed by atoms with Crippen molar-refractivity contribution in [2.24, 2.45) is 5.92 Å². The maximum absolute atomic E-state index is 12.9. The van der Waals surface area contributed by atoms with E-state index in [1.54, 1.807) is 36.7 Å². The van der Waals surface area contributed by atoms with Crippen molar-refractivity contribution in [3.63, 3.8) is 0 Å². The van der Waals surface area contributed by atoms with E-state index in [9.17, 15) is 13.2 Å². The van der Waals surface area contributed by atoms with Gasteiger partial charge in [0.25, 0.3) is 0 Å². The Morgan fingerprint density at radius 3 is 2.47 bits per heavy atom. The molecule has 3 aromatic rings. The monoisotopic (exact) mass is 535 g/mol. The van der Waals surface area contributed by atoms with Crippen LogP contribution >= 0.6 is 0 Å². The third-order valence-electron chi connectivity index (χ3n) is 7.25. The Morgan fingerprint density at radius 2 is 1.76 bits per heavy atom. The van der Waals surface area contributed by atoms with Crippen LogP contribution < -0.4 is 4.90 Å². The highest BCUT2D eigenvalue weighted by Gasteiger charge is 2.31. The minimum Gasteiger partial charge on any atom is -0.466 e. The number of benzene rings is 1. The van der Waals surface area contributed by atoms with Crippen molar-refractivity contribution in [2.75, 3.05) is 43.4 Å². The van der Waals surface area contributed by atoms with E-state index >= 15 is 0 Å². The van der Waals surface area contributed by atoms with Crippen molar-refractivity contribution < 1.29 is 17.9 Å². The Morgan fingerprint density at radius 1 is 1.03 bits per heavy atom. The van der Waals surface area contributed by atoms with Crippen molar-refractivity contribution in [3.05, 3.63) is 66.1 Å². The number of piperidine rings is 1. The number of anilines is 1. The summed E-state index contributed by atoms with van der Waals surface area (Å²) in [6.45, 7) is 5.38. The number of carbonyl (C=O) groups excluding carboxylic acids is 1. The number of carbonyl (C=O) groups is 1. The second-order valence-corrected chi connectivity index (χ2v) is 11.8. The van der Waals surface area contributed by atoms with Crippen LogP contribution in [0.4, 0.5) is 5.82 Å². The van der Waals surface area contributed by atoms with Gasteiger partial charge in [0.1, 0.15) is 5.82 Å². The molecular weight excluding hydrogens is 502 g/mol. The van der Waals surface area contributed by atoms with Gasteiger partial charge in [-0.3, -0.25) is 14.7 Å². The molecule has 1 aromatic carbocycles. The second kappa shape index (κ2) is 11.6. The molecule has 0 radical (unpaired) electrons. The fraction of sp³-hybridized carbons (Fsp3) is 0.429. The fourth-order valence-corrected chi connectivity index (χ4v) is 6.42. The minimum absolute atomic E-state index is 0.0581. The SMILES string of the molecule is CCOC(=O)C1CCN(c2nc(-c3ccncc3)nc3c2CN(CCS(=O)(=O)c2ccccc2)CC3)CC1. The van der Waals surface area contributed by atoms with Gasteiger partial charge in [0.2, 0.25) is 0 Å². The number of esters is 1. The van der Waals surface area contributed by atoms with Gasteiger partial charge in [-0.25, -0.2) is 18.4 Å². The van der Waals surface area contributed by atoms with Crippen LogP contribution in [0.25, 0.3) is 11.4 Å². The maximum atomic E-state index is 12.9. The van der Waals surface area contributed by atoms with Crippen molar-refractivity contribution in [3.8, 4) is 11.4 Å². The lowest BCUT2D eigenvalue weighted by atomic mass is 9.96. The summed E-state index contributed by atoms with van der Waals surface area (Å²) in [5.41, 5.74) is 2.94. The molecule has 1 fully saturated rings. The fourth-order valence-electron chi connectivity index (χ4n) is 5.12. The molecule has 9 nitrogen and oxygen atoms in total. The van der Waals surface area contributed by atoms with E-state index in [-0.39, 0.29) is 17.6 Å². The van der Waals surface area contributed by atoms with Gasteiger partial charge in [-0.05, 0) is 44.0 Å². The Bertz CT molecular complexity index is 1360. The van der Waals surface area contributed by atoms with Crippen molar-refractivity contribution in [1.29, 1.82) is 0 Å². The number of hydrogen-bond acceptors (Lipinski definition) is 9. The van der Waals surface area contributed by atoms with Crippen molar-refractivity contribution in [2.45, 2.75) is 37.6 Å². The van der Waals surface area contributed by atoms with Gasteiger partial charge in [0.05, 0.1) is 28.9 Å². The molecule has 38 heavy (non-hydrogen) atoms. The van der Waals surface area contributed by atoms with E-state index in [2.05, 4.69) is 14.8 Å². The van der Waals surface area contributed by atoms with Crippen LogP contribution in [0.1, 0.15) is 31.0 Å². The number of sulfone groups is 1. The van der Waals surface area contributed by atoms with Gasteiger partial charge in [0.15, 0.2) is 15.7 Å². The quantitative estimate of drug-likeness (QED) is 0.402. The zero-order chi connectivity index (χ0) is 26.5. The Balaban J connectivity index is 1.38. The Hall–Kier alpha value is -3.37. The summed E-state index contributed by atoms with van der Waals surface area (Å²) >= 11 is 0. The highest BCUT2D eigenvalue weighted by molar-refractivity contribution is 7.91. The molecule has 1 saturated heterocycles. The maximum Gasteiger partial charge on any atom is 0.309 e. The number of rotatable bonds is 8. The lowest BCUT2D eigenvalue weighted by molar-refractivity contribution is -0.148. The molecule has 0 spiro atoms. The van der Waals surface area contributed by atoms with Gasteiger partial charge in [-0.2, -0.15) is 0 Å². The summed E-state index contributed by atoms with van der Waals surface area (Å²) in [6.07, 6.45) is 5.60. The summed E-state index contributed by atoms with van der Waals surface area (Å²) in [7, 11) is -3.36. The zero-order valence-electron chi connectivity index (χ0n) is 21.6. The highest BCUT2D eigenvalue weighted by atomic mass is 32.2. The van der Waals surface area contributed by atoms with Crippen LogP contribution in [-0.4, -0.2) is 72.8 Å². The number of aromatic nitrogens is 3. The molecule has 0 saturated carbocycles. The molecular formula is C28H33N5O4S. The summed E-state index contributed by atoms with van der Waals surface area (Å²) in [6, 6.07) is 12.4. The zero-order valence-corrected chi connectivity index (χ0v) is 22.4. The van der Waals surface area contributed by atoms with Gasteiger partial charge in [-0.1, -0.05) is 18.2 Å². The van der Waals surface area contributed by atoms with E-state index in [4.69, 9.17) is 14.7 Å². The average Bonchev–Trinajstić information content (AvgIpc) is 2.96. The van der Waals surface area contributed by atoms with Gasteiger partial charge >= 0.3 is 5.97 Å². The van der Waals surface area contributed by atoms with Gasteiger partial charge in [-0.15, -0.1) is 0 Å². The van der Waals surface area contributed by atoms with E-state index in [0.717, 1.165) is 29.2 Å². The number of ether oxygens (including phenoxy) is 1. The molecule has 2 aliphatic heterocycles. The van der Waals surface area contributed by atoms with Crippen LogP contribution in [-0.2, 0) is 32.3 Å². The highest BCUT2D eigenvalue weighted by Crippen LogP contribution is 2.32. The second-order valence-electron chi connectivity index (χ2n) is 9.70. The predicted molar refractivity (Wildman–Crippen MR) is 144 cm³/mol. The summed E-state index contributed by atoms with van der Waals surface area (Å²) < 4.78 is 31.0. The molecule has 5 rings (SSSR count). The molecule has 0 N–H and O–H groups in total. The van der Waals surface area contributed by atoms with E-state index in [1.165, 1.54) is 0 Å². The molecule has 2 aliphatic rings. The van der Waals surface area contributed by atoms with Crippen molar-refractivity contribution in [1.82, 2.24) is 19.9 Å².